The summed E-state index contributed by atoms with van der Waals surface area (Å²) in [7, 11) is 1.72. The molecule has 0 saturated carbocycles. The van der Waals surface area contributed by atoms with Crippen LogP contribution < -0.4 is 10.6 Å². The monoisotopic (exact) mass is 243 g/mol. The highest BCUT2D eigenvalue weighted by molar-refractivity contribution is 7.99. The maximum Gasteiger partial charge on any atom is 0.238 e. The summed E-state index contributed by atoms with van der Waals surface area (Å²) in [5, 5.41) is 6.06. The van der Waals surface area contributed by atoms with Crippen molar-refractivity contribution in [3.8, 4) is 0 Å². The van der Waals surface area contributed by atoms with Crippen LogP contribution in [0.25, 0.3) is 0 Å². The molecule has 4 nitrogen and oxygen atoms in total. The Morgan fingerprint density at radius 3 is 3.19 bits per heavy atom. The van der Waals surface area contributed by atoms with Gasteiger partial charge in [0, 0.05) is 33.2 Å². The van der Waals surface area contributed by atoms with Crippen molar-refractivity contribution in [3.05, 3.63) is 0 Å². The molecule has 16 heavy (non-hydrogen) atoms. The average molecular weight is 243 g/mol. The Balaban J connectivity index is 1.90. The van der Waals surface area contributed by atoms with Gasteiger partial charge < -0.3 is 10.6 Å². The van der Waals surface area contributed by atoms with Gasteiger partial charge in [-0.25, -0.2) is 0 Å². The zero-order valence-electron chi connectivity index (χ0n) is 9.87. The van der Waals surface area contributed by atoms with E-state index in [0.29, 0.717) is 0 Å². The Labute approximate surface area is 102 Å². The van der Waals surface area contributed by atoms with Crippen LogP contribution in [0.4, 0.5) is 0 Å². The Morgan fingerprint density at radius 1 is 1.62 bits per heavy atom. The van der Waals surface area contributed by atoms with Crippen LogP contribution >= 0.6 is 11.8 Å². The molecular formula is C11H21N3OS. The van der Waals surface area contributed by atoms with Gasteiger partial charge in [0.05, 0.1) is 0 Å². The van der Waals surface area contributed by atoms with Gasteiger partial charge in [-0.2, -0.15) is 11.8 Å². The van der Waals surface area contributed by atoms with E-state index >= 15 is 0 Å². The Hall–Kier alpha value is -0.260. The molecule has 2 aliphatic rings. The second-order valence-electron chi connectivity index (χ2n) is 4.56. The molecule has 0 radical (unpaired) electrons. The smallest absolute Gasteiger partial charge is 0.238 e. The number of likely N-dealkylation sites (N-methyl/N-ethyl adjacent to an activating group) is 1. The maximum atomic E-state index is 11.8. The van der Waals surface area contributed by atoms with E-state index in [9.17, 15) is 4.79 Å². The van der Waals surface area contributed by atoms with Crippen molar-refractivity contribution in [3.63, 3.8) is 0 Å². The first-order valence-corrected chi connectivity index (χ1v) is 7.21. The number of hydrogen-bond acceptors (Lipinski definition) is 4. The van der Waals surface area contributed by atoms with Crippen molar-refractivity contribution in [1.82, 2.24) is 15.5 Å². The van der Waals surface area contributed by atoms with E-state index in [0.717, 1.165) is 32.1 Å². The Morgan fingerprint density at radius 2 is 2.50 bits per heavy atom. The molecule has 2 unspecified atom stereocenters. The molecule has 1 amide bonds. The number of amides is 1. The van der Waals surface area contributed by atoms with Crippen LogP contribution in [0.1, 0.15) is 6.42 Å². The third-order valence-electron chi connectivity index (χ3n) is 3.42. The van der Waals surface area contributed by atoms with Crippen LogP contribution in [0.2, 0.25) is 0 Å². The SMILES string of the molecule is CNC(=O)C1CNCCN1CC1CCSC1. The molecule has 0 aromatic heterocycles. The molecule has 2 rings (SSSR count). The molecule has 2 fully saturated rings. The summed E-state index contributed by atoms with van der Waals surface area (Å²) in [5.41, 5.74) is 0. The lowest BCUT2D eigenvalue weighted by molar-refractivity contribution is -0.126. The largest absolute Gasteiger partial charge is 0.358 e. The standard InChI is InChI=1S/C11H21N3OS/c1-12-11(15)10-6-13-3-4-14(10)7-9-2-5-16-8-9/h9-10,13H,2-8H2,1H3,(H,12,15). The molecule has 2 heterocycles. The molecule has 0 aliphatic carbocycles. The molecule has 0 bridgehead atoms. The van der Waals surface area contributed by atoms with Crippen LogP contribution in [0.3, 0.4) is 0 Å². The Kier molecular flexibility index (Phi) is 4.49. The molecule has 5 heteroatoms. The van der Waals surface area contributed by atoms with E-state index in [1.54, 1.807) is 7.05 Å². The number of hydrogen-bond donors (Lipinski definition) is 2. The van der Waals surface area contributed by atoms with E-state index in [2.05, 4.69) is 15.5 Å². The Bertz CT molecular complexity index is 243. The summed E-state index contributed by atoms with van der Waals surface area (Å²) in [6.07, 6.45) is 1.31. The molecule has 0 aromatic rings. The fourth-order valence-electron chi connectivity index (χ4n) is 2.45. The minimum atomic E-state index is 0.0318. The summed E-state index contributed by atoms with van der Waals surface area (Å²) in [6, 6.07) is 0.0318. The summed E-state index contributed by atoms with van der Waals surface area (Å²) in [4.78, 5) is 14.1. The molecule has 0 aromatic carbocycles. The molecule has 92 valence electrons. The molecule has 0 spiro atoms. The van der Waals surface area contributed by atoms with Gasteiger partial charge in [0.25, 0.3) is 0 Å². The zero-order chi connectivity index (χ0) is 11.4. The first-order valence-electron chi connectivity index (χ1n) is 6.05. The lowest BCUT2D eigenvalue weighted by Crippen LogP contribution is -2.58. The van der Waals surface area contributed by atoms with Crippen LogP contribution in [0, 0.1) is 5.92 Å². The number of piperazine rings is 1. The van der Waals surface area contributed by atoms with E-state index < -0.39 is 0 Å². The van der Waals surface area contributed by atoms with E-state index in [1.165, 1.54) is 17.9 Å². The summed E-state index contributed by atoms with van der Waals surface area (Å²) < 4.78 is 0. The van der Waals surface area contributed by atoms with Crippen molar-refractivity contribution in [2.45, 2.75) is 12.5 Å². The molecule has 2 saturated heterocycles. The second-order valence-corrected chi connectivity index (χ2v) is 5.71. The van der Waals surface area contributed by atoms with Gasteiger partial charge in [0.1, 0.15) is 6.04 Å². The number of nitrogens with zero attached hydrogens (tertiary/aromatic N) is 1. The highest BCUT2D eigenvalue weighted by atomic mass is 32.2. The van der Waals surface area contributed by atoms with E-state index in [4.69, 9.17) is 0 Å². The van der Waals surface area contributed by atoms with Crippen LogP contribution in [-0.4, -0.2) is 61.6 Å². The van der Waals surface area contributed by atoms with Crippen molar-refractivity contribution in [2.24, 2.45) is 5.92 Å². The third-order valence-corrected chi connectivity index (χ3v) is 4.65. The molecule has 2 atom stereocenters. The minimum absolute atomic E-state index is 0.0318. The first kappa shape index (κ1) is 12.2. The van der Waals surface area contributed by atoms with Crippen molar-refractivity contribution < 1.29 is 4.79 Å². The fourth-order valence-corrected chi connectivity index (χ4v) is 3.72. The summed E-state index contributed by atoms with van der Waals surface area (Å²) in [5.74, 6) is 3.50. The number of nitrogens with one attached hydrogen (secondary N) is 2. The quantitative estimate of drug-likeness (QED) is 0.718. The van der Waals surface area contributed by atoms with Gasteiger partial charge in [-0.3, -0.25) is 9.69 Å². The van der Waals surface area contributed by atoms with E-state index in [-0.39, 0.29) is 11.9 Å². The van der Waals surface area contributed by atoms with Crippen LogP contribution in [0.5, 0.6) is 0 Å². The predicted octanol–water partition coefficient (Wildman–Crippen LogP) is -0.241. The lowest BCUT2D eigenvalue weighted by atomic mass is 10.1. The van der Waals surface area contributed by atoms with Gasteiger partial charge in [-0.05, 0) is 23.8 Å². The number of thioether (sulfide) groups is 1. The summed E-state index contributed by atoms with van der Waals surface area (Å²) >= 11 is 2.04. The van der Waals surface area contributed by atoms with Gasteiger partial charge >= 0.3 is 0 Å². The van der Waals surface area contributed by atoms with Crippen molar-refractivity contribution in [2.75, 3.05) is 44.7 Å². The highest BCUT2D eigenvalue weighted by Gasteiger charge is 2.30. The lowest BCUT2D eigenvalue weighted by Gasteiger charge is -2.36. The van der Waals surface area contributed by atoms with Crippen LogP contribution in [0.15, 0.2) is 0 Å². The predicted molar refractivity (Wildman–Crippen MR) is 67.7 cm³/mol. The number of carbonyl (C=O) groups is 1. The van der Waals surface area contributed by atoms with Crippen molar-refractivity contribution >= 4 is 17.7 Å². The first-order chi connectivity index (χ1) is 7.81. The average Bonchev–Trinajstić information content (AvgIpc) is 2.82. The minimum Gasteiger partial charge on any atom is -0.358 e. The molecule has 2 N–H and O–H groups in total. The highest BCUT2D eigenvalue weighted by Crippen LogP contribution is 2.24. The number of carbonyl (C=O) groups excluding carboxylic acids is 1. The molecular weight excluding hydrogens is 222 g/mol. The maximum absolute atomic E-state index is 11.8. The van der Waals surface area contributed by atoms with Crippen LogP contribution in [-0.2, 0) is 4.79 Å². The fraction of sp³-hybridized carbons (Fsp3) is 0.909. The third kappa shape index (κ3) is 2.90. The van der Waals surface area contributed by atoms with Crippen molar-refractivity contribution in [1.29, 1.82) is 0 Å². The van der Waals surface area contributed by atoms with Gasteiger partial charge in [0.15, 0.2) is 0 Å². The topological polar surface area (TPSA) is 44.4 Å². The number of rotatable bonds is 3. The summed E-state index contributed by atoms with van der Waals surface area (Å²) in [6.45, 7) is 3.89. The van der Waals surface area contributed by atoms with Gasteiger partial charge in [-0.1, -0.05) is 0 Å². The normalized spacial score (nSPS) is 31.6. The van der Waals surface area contributed by atoms with E-state index in [1.807, 2.05) is 11.8 Å². The molecule has 2 aliphatic heterocycles. The van der Waals surface area contributed by atoms with Gasteiger partial charge in [-0.15, -0.1) is 0 Å². The zero-order valence-corrected chi connectivity index (χ0v) is 10.7. The second kappa shape index (κ2) is 5.89. The van der Waals surface area contributed by atoms with Gasteiger partial charge in [0.2, 0.25) is 5.91 Å².